The van der Waals surface area contributed by atoms with Gasteiger partial charge in [0.2, 0.25) is 11.8 Å². The molecule has 1 aromatic rings. The van der Waals surface area contributed by atoms with Crippen LogP contribution in [0.5, 0.6) is 0 Å². The molecule has 2 rings (SSSR count). The van der Waals surface area contributed by atoms with Crippen molar-refractivity contribution in [1.82, 2.24) is 10.2 Å². The Balaban J connectivity index is 1.75. The van der Waals surface area contributed by atoms with Crippen molar-refractivity contribution in [3.8, 4) is 0 Å². The molecular formula is C19H28FN3O2. The lowest BCUT2D eigenvalue weighted by Gasteiger charge is -2.34. The third-order valence-electron chi connectivity index (χ3n) is 5.01. The number of benzene rings is 1. The monoisotopic (exact) mass is 349 g/mol. The van der Waals surface area contributed by atoms with E-state index in [9.17, 15) is 14.0 Å². The summed E-state index contributed by atoms with van der Waals surface area (Å²) < 4.78 is 12.9. The Hall–Kier alpha value is -1.95. The maximum absolute atomic E-state index is 12.9. The number of carbonyl (C=O) groups excluding carboxylic acids is 2. The molecule has 1 fully saturated rings. The molecule has 0 heterocycles. The molecule has 1 aliphatic carbocycles. The lowest BCUT2D eigenvalue weighted by Crippen LogP contribution is -2.47. The van der Waals surface area contributed by atoms with Gasteiger partial charge in [0, 0.05) is 11.7 Å². The number of anilines is 1. The highest BCUT2D eigenvalue weighted by molar-refractivity contribution is 5.92. The number of nitrogens with zero attached hydrogens (tertiary/aromatic N) is 1. The highest BCUT2D eigenvalue weighted by Crippen LogP contribution is 2.29. The molecule has 138 valence electrons. The van der Waals surface area contributed by atoms with Crippen molar-refractivity contribution in [2.45, 2.75) is 39.2 Å². The minimum Gasteiger partial charge on any atom is -0.352 e. The average molecular weight is 349 g/mol. The molecule has 0 aliphatic heterocycles. The van der Waals surface area contributed by atoms with E-state index < -0.39 is 0 Å². The summed E-state index contributed by atoms with van der Waals surface area (Å²) in [7, 11) is 1.73. The lowest BCUT2D eigenvalue weighted by atomic mass is 9.78. The second-order valence-electron chi connectivity index (χ2n) is 7.17. The van der Waals surface area contributed by atoms with Crippen molar-refractivity contribution in [3.63, 3.8) is 0 Å². The quantitative estimate of drug-likeness (QED) is 0.830. The van der Waals surface area contributed by atoms with E-state index in [1.807, 2.05) is 0 Å². The molecule has 5 nitrogen and oxygen atoms in total. The second-order valence-corrected chi connectivity index (χ2v) is 7.17. The molecule has 0 radical (unpaired) electrons. The Morgan fingerprint density at radius 3 is 2.44 bits per heavy atom. The van der Waals surface area contributed by atoms with E-state index in [0.29, 0.717) is 17.5 Å². The zero-order chi connectivity index (χ0) is 18.4. The van der Waals surface area contributed by atoms with E-state index in [1.54, 1.807) is 11.9 Å². The van der Waals surface area contributed by atoms with E-state index in [-0.39, 0.29) is 36.8 Å². The highest BCUT2D eigenvalue weighted by atomic mass is 19.1. The Morgan fingerprint density at radius 2 is 1.76 bits per heavy atom. The number of hydrogen-bond acceptors (Lipinski definition) is 3. The molecule has 0 saturated heterocycles. The number of carbonyl (C=O) groups is 2. The van der Waals surface area contributed by atoms with Crippen LogP contribution in [0, 0.1) is 17.7 Å². The summed E-state index contributed by atoms with van der Waals surface area (Å²) in [5.74, 6) is 0.464. The number of nitrogens with one attached hydrogen (secondary N) is 2. The van der Waals surface area contributed by atoms with E-state index >= 15 is 0 Å². The van der Waals surface area contributed by atoms with Crippen LogP contribution in [0.1, 0.15) is 33.1 Å². The molecule has 0 unspecified atom stereocenters. The van der Waals surface area contributed by atoms with Gasteiger partial charge in [0.05, 0.1) is 13.1 Å². The van der Waals surface area contributed by atoms with E-state index in [1.165, 1.54) is 30.7 Å². The fourth-order valence-corrected chi connectivity index (χ4v) is 3.32. The first-order chi connectivity index (χ1) is 11.8. The molecule has 0 aromatic heterocycles. The van der Waals surface area contributed by atoms with Crippen LogP contribution >= 0.6 is 0 Å². The second kappa shape index (κ2) is 8.94. The smallest absolute Gasteiger partial charge is 0.238 e. The van der Waals surface area contributed by atoms with E-state index in [4.69, 9.17) is 0 Å². The fourth-order valence-electron chi connectivity index (χ4n) is 3.32. The van der Waals surface area contributed by atoms with Crippen LogP contribution in [0.4, 0.5) is 10.1 Å². The Bertz CT molecular complexity index is 591. The topological polar surface area (TPSA) is 61.4 Å². The maximum atomic E-state index is 12.9. The standard InChI is InChI=1S/C19H28FN3O2/c1-13-5-4-6-17(14(13)2)22-19(25)12-23(3)11-18(24)21-16-9-7-15(20)8-10-16/h7-10,13-14,17H,4-6,11-12H2,1-3H3,(H,21,24)(H,22,25)/t13-,14+,17+/m1/s1. The summed E-state index contributed by atoms with van der Waals surface area (Å²) in [5.41, 5.74) is 0.536. The molecule has 6 heteroatoms. The normalized spacial score (nSPS) is 23.3. The maximum Gasteiger partial charge on any atom is 0.238 e. The van der Waals surface area contributed by atoms with E-state index in [0.717, 1.165) is 12.8 Å². The number of amides is 2. The van der Waals surface area contributed by atoms with Crippen LogP contribution in [-0.4, -0.2) is 42.9 Å². The van der Waals surface area contributed by atoms with Gasteiger partial charge in [-0.3, -0.25) is 14.5 Å². The third kappa shape index (κ3) is 6.12. The van der Waals surface area contributed by atoms with Crippen molar-refractivity contribution < 1.29 is 14.0 Å². The average Bonchev–Trinajstić information content (AvgIpc) is 2.53. The van der Waals surface area contributed by atoms with Gasteiger partial charge in [0.15, 0.2) is 0 Å². The van der Waals surface area contributed by atoms with Gasteiger partial charge < -0.3 is 10.6 Å². The van der Waals surface area contributed by atoms with Crippen molar-refractivity contribution in [2.75, 3.05) is 25.5 Å². The molecule has 1 saturated carbocycles. The molecule has 25 heavy (non-hydrogen) atoms. The highest BCUT2D eigenvalue weighted by Gasteiger charge is 2.28. The molecule has 2 amide bonds. The Labute approximate surface area is 149 Å². The lowest BCUT2D eigenvalue weighted by molar-refractivity contribution is -0.124. The predicted molar refractivity (Wildman–Crippen MR) is 96.6 cm³/mol. The van der Waals surface area contributed by atoms with Crippen LogP contribution in [0.2, 0.25) is 0 Å². The molecular weight excluding hydrogens is 321 g/mol. The largest absolute Gasteiger partial charge is 0.352 e. The SMILES string of the molecule is C[C@H]1[C@H](C)CCC[C@@H]1NC(=O)CN(C)CC(=O)Nc1ccc(F)cc1. The fraction of sp³-hybridized carbons (Fsp3) is 0.579. The number of rotatable bonds is 6. The first kappa shape index (κ1) is 19.4. The van der Waals surface area contributed by atoms with Crippen LogP contribution in [0.15, 0.2) is 24.3 Å². The van der Waals surface area contributed by atoms with Gasteiger partial charge in [-0.25, -0.2) is 4.39 Å². The molecule has 2 N–H and O–H groups in total. The van der Waals surface area contributed by atoms with Gasteiger partial charge in [-0.05, 0) is 49.6 Å². The minimum absolute atomic E-state index is 0.0527. The molecule has 1 aliphatic rings. The van der Waals surface area contributed by atoms with E-state index in [2.05, 4.69) is 24.5 Å². The Morgan fingerprint density at radius 1 is 1.12 bits per heavy atom. The third-order valence-corrected chi connectivity index (χ3v) is 5.01. The number of likely N-dealkylation sites (N-methyl/N-ethyl adjacent to an activating group) is 1. The summed E-state index contributed by atoms with van der Waals surface area (Å²) in [5, 5.41) is 5.79. The number of hydrogen-bond donors (Lipinski definition) is 2. The molecule has 1 aromatic carbocycles. The molecule has 3 atom stereocenters. The van der Waals surface area contributed by atoms with Crippen molar-refractivity contribution in [1.29, 1.82) is 0 Å². The van der Waals surface area contributed by atoms with Gasteiger partial charge in [-0.15, -0.1) is 0 Å². The summed E-state index contributed by atoms with van der Waals surface area (Å²) in [4.78, 5) is 25.9. The zero-order valence-corrected chi connectivity index (χ0v) is 15.2. The van der Waals surface area contributed by atoms with Gasteiger partial charge in [0.1, 0.15) is 5.82 Å². The first-order valence-corrected chi connectivity index (χ1v) is 8.88. The summed E-state index contributed by atoms with van der Waals surface area (Å²) in [6, 6.07) is 5.81. The van der Waals surface area contributed by atoms with Crippen LogP contribution in [-0.2, 0) is 9.59 Å². The zero-order valence-electron chi connectivity index (χ0n) is 15.2. The van der Waals surface area contributed by atoms with Gasteiger partial charge in [-0.2, -0.15) is 0 Å². The predicted octanol–water partition coefficient (Wildman–Crippen LogP) is 2.64. The Kier molecular flexibility index (Phi) is 6.93. The van der Waals surface area contributed by atoms with Crippen molar-refractivity contribution >= 4 is 17.5 Å². The van der Waals surface area contributed by atoms with Crippen molar-refractivity contribution in [3.05, 3.63) is 30.1 Å². The molecule has 0 bridgehead atoms. The van der Waals surface area contributed by atoms with Crippen LogP contribution < -0.4 is 10.6 Å². The van der Waals surface area contributed by atoms with Crippen LogP contribution in [0.25, 0.3) is 0 Å². The van der Waals surface area contributed by atoms with Crippen LogP contribution in [0.3, 0.4) is 0 Å². The van der Waals surface area contributed by atoms with Crippen molar-refractivity contribution in [2.24, 2.45) is 11.8 Å². The van der Waals surface area contributed by atoms with Gasteiger partial charge in [-0.1, -0.05) is 26.7 Å². The minimum atomic E-state index is -0.349. The molecule has 0 spiro atoms. The van der Waals surface area contributed by atoms with Gasteiger partial charge in [0.25, 0.3) is 0 Å². The first-order valence-electron chi connectivity index (χ1n) is 8.88. The summed E-state index contributed by atoms with van der Waals surface area (Å²) >= 11 is 0. The van der Waals surface area contributed by atoms with Gasteiger partial charge >= 0.3 is 0 Å². The summed E-state index contributed by atoms with van der Waals surface area (Å²) in [6.07, 6.45) is 3.38. The number of halogens is 1. The summed E-state index contributed by atoms with van der Waals surface area (Å²) in [6.45, 7) is 4.69.